The molecule has 1 atom stereocenters. The van der Waals surface area contributed by atoms with Crippen LogP contribution in [0.3, 0.4) is 0 Å². The van der Waals surface area contributed by atoms with Crippen molar-refractivity contribution in [3.8, 4) is 5.75 Å². The van der Waals surface area contributed by atoms with Crippen molar-refractivity contribution < 1.29 is 17.9 Å². The van der Waals surface area contributed by atoms with Crippen LogP contribution in [-0.4, -0.2) is 50.3 Å². The molecule has 0 fully saturated rings. The number of rotatable bonds is 8. The fourth-order valence-electron chi connectivity index (χ4n) is 4.38. The topological polar surface area (TPSA) is 66.9 Å². The Balaban J connectivity index is 1.65. The van der Waals surface area contributed by atoms with Gasteiger partial charge in [-0.2, -0.15) is 4.31 Å². The highest BCUT2D eigenvalue weighted by atomic mass is 35.5. The molecule has 1 aliphatic rings. The highest BCUT2D eigenvalue weighted by molar-refractivity contribution is 7.89. The van der Waals surface area contributed by atoms with Crippen molar-refractivity contribution >= 4 is 38.9 Å². The summed E-state index contributed by atoms with van der Waals surface area (Å²) < 4.78 is 33.5. The molecule has 0 radical (unpaired) electrons. The summed E-state index contributed by atoms with van der Waals surface area (Å²) in [6, 6.07) is 15.5. The Hall–Kier alpha value is -2.39. The molecule has 0 N–H and O–H groups in total. The summed E-state index contributed by atoms with van der Waals surface area (Å²) in [5.41, 5.74) is 2.04. The number of carbonyl (C=O) groups excluding carboxylic acids is 1. The van der Waals surface area contributed by atoms with E-state index >= 15 is 0 Å². The Kier molecular flexibility index (Phi) is 7.86. The molecule has 9 heteroatoms. The van der Waals surface area contributed by atoms with E-state index in [0.29, 0.717) is 17.3 Å². The van der Waals surface area contributed by atoms with Crippen molar-refractivity contribution in [1.82, 2.24) is 9.21 Å². The standard InChI is InChI=1S/C26H29ClN2O4S2/c1-18(2)16-28(35(31,32)22-10-8-21(33-3)9-11-22)17-25(30)29-14-12-24-23(13-15-34-24)26(29)19-4-6-20(27)7-5-19/h4-11,13,15,18,26H,12,14,16-17H2,1-3H3/t26-/m1/s1. The maximum Gasteiger partial charge on any atom is 0.243 e. The molecule has 35 heavy (non-hydrogen) atoms. The van der Waals surface area contributed by atoms with Crippen LogP contribution in [-0.2, 0) is 21.2 Å². The molecule has 1 amide bonds. The summed E-state index contributed by atoms with van der Waals surface area (Å²) in [4.78, 5) is 16.9. The number of amides is 1. The summed E-state index contributed by atoms with van der Waals surface area (Å²) in [7, 11) is -2.35. The third kappa shape index (κ3) is 5.56. The smallest absolute Gasteiger partial charge is 0.243 e. The van der Waals surface area contributed by atoms with Gasteiger partial charge in [0.2, 0.25) is 15.9 Å². The van der Waals surface area contributed by atoms with E-state index in [-0.39, 0.29) is 35.9 Å². The third-order valence-corrected chi connectivity index (χ3v) is 9.12. The molecule has 186 valence electrons. The van der Waals surface area contributed by atoms with Crippen molar-refractivity contribution in [3.05, 3.63) is 81.0 Å². The van der Waals surface area contributed by atoms with Crippen molar-refractivity contribution in [2.24, 2.45) is 5.92 Å². The van der Waals surface area contributed by atoms with Gasteiger partial charge in [-0.1, -0.05) is 37.6 Å². The van der Waals surface area contributed by atoms with Gasteiger partial charge in [-0.25, -0.2) is 8.42 Å². The number of hydrogen-bond acceptors (Lipinski definition) is 5. The fourth-order valence-corrected chi connectivity index (χ4v) is 6.97. The molecule has 0 spiro atoms. The second-order valence-corrected chi connectivity index (χ2v) is 12.3. The minimum atomic E-state index is -3.88. The lowest BCUT2D eigenvalue weighted by molar-refractivity contribution is -0.133. The number of methoxy groups -OCH3 is 1. The van der Waals surface area contributed by atoms with Crippen LogP contribution in [0, 0.1) is 5.92 Å². The van der Waals surface area contributed by atoms with E-state index in [9.17, 15) is 13.2 Å². The monoisotopic (exact) mass is 532 g/mol. The van der Waals surface area contributed by atoms with E-state index in [0.717, 1.165) is 17.5 Å². The first-order valence-corrected chi connectivity index (χ1v) is 14.2. The average molecular weight is 533 g/mol. The first kappa shape index (κ1) is 25.7. The van der Waals surface area contributed by atoms with E-state index in [1.807, 2.05) is 43.5 Å². The second kappa shape index (κ2) is 10.7. The third-order valence-electron chi connectivity index (χ3n) is 6.05. The zero-order valence-corrected chi connectivity index (χ0v) is 22.4. The maximum atomic E-state index is 13.7. The molecule has 0 saturated heterocycles. The summed E-state index contributed by atoms with van der Waals surface area (Å²) in [5.74, 6) is 0.397. The van der Waals surface area contributed by atoms with E-state index < -0.39 is 10.0 Å². The molecule has 6 nitrogen and oxygen atoms in total. The molecule has 1 aliphatic heterocycles. The van der Waals surface area contributed by atoms with Crippen LogP contribution in [0.25, 0.3) is 0 Å². The van der Waals surface area contributed by atoms with E-state index in [1.54, 1.807) is 28.4 Å². The molecule has 0 saturated carbocycles. The van der Waals surface area contributed by atoms with Crippen LogP contribution in [0.15, 0.2) is 64.9 Å². The van der Waals surface area contributed by atoms with Gasteiger partial charge in [0.15, 0.2) is 0 Å². The van der Waals surface area contributed by atoms with E-state index in [1.165, 1.54) is 28.4 Å². The molecule has 2 aromatic carbocycles. The minimum absolute atomic E-state index is 0.0488. The second-order valence-electron chi connectivity index (χ2n) is 8.96. The number of thiophene rings is 1. The van der Waals surface area contributed by atoms with Gasteiger partial charge in [0.1, 0.15) is 5.75 Å². The predicted molar refractivity (Wildman–Crippen MR) is 140 cm³/mol. The summed E-state index contributed by atoms with van der Waals surface area (Å²) in [6.45, 7) is 4.42. The normalized spacial score (nSPS) is 15.9. The Morgan fingerprint density at radius 1 is 1.14 bits per heavy atom. The summed E-state index contributed by atoms with van der Waals surface area (Å²) in [6.07, 6.45) is 0.748. The Morgan fingerprint density at radius 3 is 2.46 bits per heavy atom. The zero-order valence-electron chi connectivity index (χ0n) is 20.0. The van der Waals surface area contributed by atoms with E-state index in [2.05, 4.69) is 6.07 Å². The number of benzene rings is 2. The first-order chi connectivity index (χ1) is 16.7. The molecule has 0 bridgehead atoms. The van der Waals surface area contributed by atoms with Gasteiger partial charge < -0.3 is 9.64 Å². The largest absolute Gasteiger partial charge is 0.497 e. The lowest BCUT2D eigenvalue weighted by atomic mass is 9.93. The molecule has 3 aromatic rings. The average Bonchev–Trinajstić information content (AvgIpc) is 3.32. The van der Waals surface area contributed by atoms with Crippen LogP contribution in [0.5, 0.6) is 5.75 Å². The number of carbonyl (C=O) groups is 1. The van der Waals surface area contributed by atoms with Gasteiger partial charge >= 0.3 is 0 Å². The van der Waals surface area contributed by atoms with Gasteiger partial charge in [-0.15, -0.1) is 11.3 Å². The Morgan fingerprint density at radius 2 is 1.83 bits per heavy atom. The fraction of sp³-hybridized carbons (Fsp3) is 0.346. The van der Waals surface area contributed by atoms with Gasteiger partial charge in [0.05, 0.1) is 24.6 Å². The van der Waals surface area contributed by atoms with Crippen molar-refractivity contribution in [3.63, 3.8) is 0 Å². The van der Waals surface area contributed by atoms with Gasteiger partial charge in [0.25, 0.3) is 0 Å². The lowest BCUT2D eigenvalue weighted by Gasteiger charge is -2.37. The summed E-state index contributed by atoms with van der Waals surface area (Å²) >= 11 is 7.80. The van der Waals surface area contributed by atoms with Crippen LogP contribution < -0.4 is 4.74 Å². The number of hydrogen-bond donors (Lipinski definition) is 0. The van der Waals surface area contributed by atoms with Gasteiger partial charge in [-0.3, -0.25) is 4.79 Å². The molecular formula is C26H29ClN2O4S2. The van der Waals surface area contributed by atoms with Crippen LogP contribution >= 0.6 is 22.9 Å². The number of halogens is 1. The Labute approximate surface area is 216 Å². The van der Waals surface area contributed by atoms with Gasteiger partial charge in [0, 0.05) is 23.0 Å². The van der Waals surface area contributed by atoms with Crippen molar-refractivity contribution in [2.75, 3.05) is 26.7 Å². The van der Waals surface area contributed by atoms with Crippen molar-refractivity contribution in [2.45, 2.75) is 31.2 Å². The molecule has 0 aliphatic carbocycles. The van der Waals surface area contributed by atoms with Gasteiger partial charge in [-0.05, 0) is 71.3 Å². The molecule has 2 heterocycles. The first-order valence-electron chi connectivity index (χ1n) is 11.5. The predicted octanol–water partition coefficient (Wildman–Crippen LogP) is 5.23. The SMILES string of the molecule is COc1ccc(S(=O)(=O)N(CC(=O)N2CCc3sccc3[C@H]2c2ccc(Cl)cc2)CC(C)C)cc1. The molecule has 0 unspecified atom stereocenters. The number of sulfonamides is 1. The van der Waals surface area contributed by atoms with Crippen LogP contribution in [0.4, 0.5) is 0 Å². The maximum absolute atomic E-state index is 13.7. The number of ether oxygens (including phenoxy) is 1. The lowest BCUT2D eigenvalue weighted by Crippen LogP contribution is -2.47. The van der Waals surface area contributed by atoms with Crippen LogP contribution in [0.2, 0.25) is 5.02 Å². The quantitative estimate of drug-likeness (QED) is 0.398. The number of nitrogens with zero attached hydrogens (tertiary/aromatic N) is 2. The number of fused-ring (bicyclic) bond motifs is 1. The molecule has 4 rings (SSSR count). The molecule has 1 aromatic heterocycles. The highest BCUT2D eigenvalue weighted by Crippen LogP contribution is 2.38. The van der Waals surface area contributed by atoms with Crippen LogP contribution in [0.1, 0.15) is 35.9 Å². The zero-order chi connectivity index (χ0) is 25.2. The molecular weight excluding hydrogens is 504 g/mol. The Bertz CT molecular complexity index is 1270. The summed E-state index contributed by atoms with van der Waals surface area (Å²) in [5, 5.41) is 2.67. The van der Waals surface area contributed by atoms with E-state index in [4.69, 9.17) is 16.3 Å². The van der Waals surface area contributed by atoms with Crippen molar-refractivity contribution in [1.29, 1.82) is 0 Å². The minimum Gasteiger partial charge on any atom is -0.497 e. The highest BCUT2D eigenvalue weighted by Gasteiger charge is 2.35.